The minimum Gasteiger partial charge on any atom is -0.368 e. The van der Waals surface area contributed by atoms with Gasteiger partial charge in [0.2, 0.25) is 5.91 Å². The van der Waals surface area contributed by atoms with Gasteiger partial charge in [-0.15, -0.1) is 0 Å². The minimum atomic E-state index is -4.49. The first kappa shape index (κ1) is 27.6. The maximum Gasteiger partial charge on any atom is 0.416 e. The van der Waals surface area contributed by atoms with Gasteiger partial charge in [0, 0.05) is 59.4 Å². The number of anilines is 1. The van der Waals surface area contributed by atoms with Crippen LogP contribution in [0, 0.1) is 11.8 Å². The second-order valence-electron chi connectivity index (χ2n) is 9.63. The lowest BCUT2D eigenvalue weighted by Crippen LogP contribution is -2.50. The van der Waals surface area contributed by atoms with E-state index in [2.05, 4.69) is 0 Å². The summed E-state index contributed by atoms with van der Waals surface area (Å²) in [7, 11) is 0. The molecule has 2 N–H and O–H groups in total. The molecule has 2 aromatic carbocycles. The molecule has 2 unspecified atom stereocenters. The third-order valence-corrected chi connectivity index (χ3v) is 6.97. The Morgan fingerprint density at radius 3 is 2.29 bits per heavy atom. The van der Waals surface area contributed by atoms with E-state index in [1.54, 1.807) is 23.1 Å². The van der Waals surface area contributed by atoms with Crippen molar-refractivity contribution < 1.29 is 18.0 Å². The number of nitrogens with zero attached hydrogens (tertiary/aromatic N) is 2. The zero-order valence-corrected chi connectivity index (χ0v) is 21.7. The van der Waals surface area contributed by atoms with Crippen LogP contribution in [-0.2, 0) is 17.4 Å². The van der Waals surface area contributed by atoms with Crippen LogP contribution in [0.2, 0.25) is 10.0 Å². The number of hydrogen-bond donors (Lipinski definition) is 1. The molecule has 2 aromatic rings. The highest BCUT2D eigenvalue weighted by molar-refractivity contribution is 6.35. The first-order valence-corrected chi connectivity index (χ1v) is 12.6. The second-order valence-corrected chi connectivity index (χ2v) is 10.5. The van der Waals surface area contributed by atoms with Crippen molar-refractivity contribution in [3.05, 3.63) is 63.1 Å². The quantitative estimate of drug-likeness (QED) is 0.440. The molecule has 192 valence electrons. The lowest BCUT2D eigenvalue weighted by atomic mass is 9.91. The van der Waals surface area contributed by atoms with E-state index >= 15 is 0 Å². The summed E-state index contributed by atoms with van der Waals surface area (Å²) in [5.74, 6) is -0.135. The molecule has 1 amide bonds. The Labute approximate surface area is 215 Å². The van der Waals surface area contributed by atoms with Crippen LogP contribution >= 0.6 is 23.2 Å². The average Bonchev–Trinajstić information content (AvgIpc) is 2.79. The number of carbonyl (C=O) groups excluding carboxylic acids is 1. The molecule has 1 fully saturated rings. The minimum absolute atomic E-state index is 0.00329. The van der Waals surface area contributed by atoms with E-state index in [9.17, 15) is 18.0 Å². The molecule has 0 aromatic heterocycles. The van der Waals surface area contributed by atoms with E-state index in [4.69, 9.17) is 28.9 Å². The van der Waals surface area contributed by atoms with Gasteiger partial charge in [-0.3, -0.25) is 4.79 Å². The Balaban J connectivity index is 1.73. The molecule has 0 aliphatic carbocycles. The highest BCUT2D eigenvalue weighted by Crippen LogP contribution is 2.40. The van der Waals surface area contributed by atoms with Crippen LogP contribution < -0.4 is 10.6 Å². The monoisotopic (exact) mass is 529 g/mol. The first-order valence-electron chi connectivity index (χ1n) is 11.8. The number of hydrogen-bond acceptors (Lipinski definition) is 3. The van der Waals surface area contributed by atoms with Gasteiger partial charge < -0.3 is 15.5 Å². The van der Waals surface area contributed by atoms with Crippen molar-refractivity contribution in [2.75, 3.05) is 31.1 Å². The molecule has 1 heterocycles. The number of carbonyl (C=O) groups is 1. The Morgan fingerprint density at radius 1 is 1.06 bits per heavy atom. The fourth-order valence-corrected chi connectivity index (χ4v) is 5.16. The summed E-state index contributed by atoms with van der Waals surface area (Å²) in [5.41, 5.74) is 7.11. The molecule has 2 atom stereocenters. The van der Waals surface area contributed by atoms with Crippen LogP contribution in [0.15, 0.2) is 36.4 Å². The van der Waals surface area contributed by atoms with E-state index in [1.807, 2.05) is 31.7 Å². The smallest absolute Gasteiger partial charge is 0.368 e. The van der Waals surface area contributed by atoms with Gasteiger partial charge in [0.1, 0.15) is 0 Å². The zero-order chi connectivity index (χ0) is 25.9. The fraction of sp³-hybridized carbons (Fsp3) is 0.500. The summed E-state index contributed by atoms with van der Waals surface area (Å²) in [6, 6.07) is 8.73. The van der Waals surface area contributed by atoms with Crippen LogP contribution in [0.3, 0.4) is 0 Å². The maximum atomic E-state index is 13.8. The van der Waals surface area contributed by atoms with Gasteiger partial charge in [-0.05, 0) is 48.6 Å². The Kier molecular flexibility index (Phi) is 9.00. The fourth-order valence-electron chi connectivity index (χ4n) is 4.68. The third kappa shape index (κ3) is 6.83. The van der Waals surface area contributed by atoms with Crippen molar-refractivity contribution in [2.24, 2.45) is 17.6 Å². The van der Waals surface area contributed by atoms with Gasteiger partial charge >= 0.3 is 6.18 Å². The molecule has 35 heavy (non-hydrogen) atoms. The zero-order valence-electron chi connectivity index (χ0n) is 20.2. The number of benzene rings is 2. The van der Waals surface area contributed by atoms with Crippen molar-refractivity contribution in [1.29, 1.82) is 0 Å². The second kappa shape index (κ2) is 11.4. The van der Waals surface area contributed by atoms with Crippen LogP contribution in [0.4, 0.5) is 18.9 Å². The van der Waals surface area contributed by atoms with Gasteiger partial charge in [0.25, 0.3) is 0 Å². The molecular weight excluding hydrogens is 498 g/mol. The maximum absolute atomic E-state index is 13.8. The molecule has 0 spiro atoms. The predicted molar refractivity (Wildman–Crippen MR) is 136 cm³/mol. The van der Waals surface area contributed by atoms with E-state index in [0.29, 0.717) is 54.8 Å². The lowest BCUT2D eigenvalue weighted by molar-refractivity contribution is -0.138. The van der Waals surface area contributed by atoms with Crippen LogP contribution in [0.25, 0.3) is 0 Å². The van der Waals surface area contributed by atoms with Gasteiger partial charge in [0.15, 0.2) is 0 Å². The molecule has 1 aliphatic rings. The van der Waals surface area contributed by atoms with Crippen LogP contribution in [0.5, 0.6) is 0 Å². The topological polar surface area (TPSA) is 49.6 Å². The molecule has 3 rings (SSSR count). The highest BCUT2D eigenvalue weighted by Gasteiger charge is 2.37. The summed E-state index contributed by atoms with van der Waals surface area (Å²) in [5, 5.41) is 1.06. The first-order chi connectivity index (χ1) is 16.4. The lowest BCUT2D eigenvalue weighted by Gasteiger charge is -2.39. The number of piperazine rings is 1. The van der Waals surface area contributed by atoms with E-state index in [-0.39, 0.29) is 23.3 Å². The standard InChI is InChI=1S/C26H32Cl2F3N3O/c1-16(2)13-22(32)24-20(26(29,30)31)5-4-6-23(24)33-9-11-34(12-10-33)25(35)17(3)14-18-7-8-19(27)15-21(18)28/h4-8,15-17,22H,9-14,32H2,1-3H3. The Hall–Kier alpha value is -1.96. The molecule has 0 radical (unpaired) electrons. The van der Waals surface area contributed by atoms with E-state index < -0.39 is 17.8 Å². The number of nitrogens with two attached hydrogens (primary N) is 1. The van der Waals surface area contributed by atoms with Crippen molar-refractivity contribution in [1.82, 2.24) is 4.90 Å². The van der Waals surface area contributed by atoms with Crippen molar-refractivity contribution in [3.8, 4) is 0 Å². The van der Waals surface area contributed by atoms with Crippen molar-refractivity contribution in [3.63, 3.8) is 0 Å². The molecule has 1 saturated heterocycles. The van der Waals surface area contributed by atoms with Gasteiger partial charge in [-0.25, -0.2) is 0 Å². The Bertz CT molecular complexity index is 1040. The molecular formula is C26H32Cl2F3N3O. The third-order valence-electron chi connectivity index (χ3n) is 6.38. The SMILES string of the molecule is CC(C)CC(N)c1c(N2CCN(C(=O)C(C)Cc3ccc(Cl)cc3Cl)CC2)cccc1C(F)(F)F. The summed E-state index contributed by atoms with van der Waals surface area (Å²) in [6.07, 6.45) is -3.56. The normalized spacial score (nSPS) is 16.5. The number of rotatable bonds is 7. The number of amides is 1. The number of alkyl halides is 3. The highest BCUT2D eigenvalue weighted by atomic mass is 35.5. The van der Waals surface area contributed by atoms with Crippen LogP contribution in [0.1, 0.15) is 49.9 Å². The van der Waals surface area contributed by atoms with Gasteiger partial charge in [-0.1, -0.05) is 56.1 Å². The summed E-state index contributed by atoms with van der Waals surface area (Å²) in [6.45, 7) is 7.46. The molecule has 1 aliphatic heterocycles. The summed E-state index contributed by atoms with van der Waals surface area (Å²) in [4.78, 5) is 16.8. The van der Waals surface area contributed by atoms with E-state index in [1.165, 1.54) is 6.07 Å². The average molecular weight is 530 g/mol. The van der Waals surface area contributed by atoms with Gasteiger partial charge in [-0.2, -0.15) is 13.2 Å². The van der Waals surface area contributed by atoms with Gasteiger partial charge in [0.05, 0.1) is 5.56 Å². The molecule has 0 bridgehead atoms. The molecule has 4 nitrogen and oxygen atoms in total. The van der Waals surface area contributed by atoms with Crippen LogP contribution in [-0.4, -0.2) is 37.0 Å². The summed E-state index contributed by atoms with van der Waals surface area (Å²) < 4.78 is 41.5. The van der Waals surface area contributed by atoms with E-state index in [0.717, 1.165) is 11.6 Å². The van der Waals surface area contributed by atoms with Crippen molar-refractivity contribution >= 4 is 34.8 Å². The molecule has 9 heteroatoms. The largest absolute Gasteiger partial charge is 0.416 e. The van der Waals surface area contributed by atoms with Crippen molar-refractivity contribution in [2.45, 2.75) is 45.8 Å². The number of halogens is 5. The summed E-state index contributed by atoms with van der Waals surface area (Å²) >= 11 is 12.2. The predicted octanol–water partition coefficient (Wildman–Crippen LogP) is 6.59. The Morgan fingerprint density at radius 2 is 1.71 bits per heavy atom. The molecule has 0 saturated carbocycles.